The van der Waals surface area contributed by atoms with E-state index in [9.17, 15) is 9.59 Å². The molecule has 0 aromatic heterocycles. The Morgan fingerprint density at radius 1 is 0.659 bits per heavy atom. The summed E-state index contributed by atoms with van der Waals surface area (Å²) in [5, 5.41) is 0. The molecule has 0 saturated heterocycles. The molecule has 0 aliphatic carbocycles. The van der Waals surface area contributed by atoms with Gasteiger partial charge in [0.05, 0.1) is 32.8 Å². The van der Waals surface area contributed by atoms with Crippen molar-refractivity contribution in [2.75, 3.05) is 68.7 Å². The Bertz CT molecular complexity index is 1030. The third-order valence-electron chi connectivity index (χ3n) is 7.15. The summed E-state index contributed by atoms with van der Waals surface area (Å²) in [6, 6.07) is 11.5. The minimum atomic E-state index is -1.06. The van der Waals surface area contributed by atoms with Crippen molar-refractivity contribution < 1.29 is 28.5 Å². The van der Waals surface area contributed by atoms with Gasteiger partial charge in [-0.3, -0.25) is 9.59 Å². The molecule has 0 spiro atoms. The molecule has 0 unspecified atom stereocenters. The number of hydrogen-bond acceptors (Lipinski definition) is 8. The van der Waals surface area contributed by atoms with Crippen molar-refractivity contribution in [3.63, 3.8) is 0 Å². The first kappa shape index (κ1) is 34.1. The number of methoxy groups -OCH3 is 2. The molecule has 2 aromatic carbocycles. The van der Waals surface area contributed by atoms with Gasteiger partial charge in [0.1, 0.15) is 11.6 Å². The largest absolute Gasteiger partial charge is 0.493 e. The maximum atomic E-state index is 13.1. The normalized spacial score (nSPS) is 11.6. The van der Waals surface area contributed by atoms with E-state index in [-0.39, 0.29) is 24.4 Å². The van der Waals surface area contributed by atoms with Crippen LogP contribution < -0.4 is 18.9 Å². The Balaban J connectivity index is 1.89. The molecule has 0 fully saturated rings. The molecule has 0 atom stereocenters. The molecular weight excluding hydrogens is 520 g/mol. The monoisotopic (exact) mass is 570 g/mol. The Morgan fingerprint density at radius 2 is 1.05 bits per heavy atom. The average Bonchev–Trinajstić information content (AvgIpc) is 2.95. The second-order valence-electron chi connectivity index (χ2n) is 11.5. The summed E-state index contributed by atoms with van der Waals surface area (Å²) in [6.07, 6.45) is 3.44. The van der Waals surface area contributed by atoms with Crippen LogP contribution in [0, 0.1) is 5.41 Å². The molecule has 0 N–H and O–H groups in total. The van der Waals surface area contributed by atoms with Gasteiger partial charge in [-0.1, -0.05) is 12.1 Å². The zero-order valence-corrected chi connectivity index (χ0v) is 26.4. The number of aryl methyl sites for hydroxylation is 2. The molecule has 0 saturated carbocycles. The van der Waals surface area contributed by atoms with Crippen molar-refractivity contribution in [2.45, 2.75) is 52.4 Å². The molecule has 41 heavy (non-hydrogen) atoms. The second-order valence-corrected chi connectivity index (χ2v) is 11.5. The number of carbonyl (C=O) groups is 2. The van der Waals surface area contributed by atoms with Crippen LogP contribution in [0.5, 0.6) is 23.0 Å². The fourth-order valence-corrected chi connectivity index (χ4v) is 4.40. The second kappa shape index (κ2) is 17.0. The smallest absolute Gasteiger partial charge is 0.161 e. The van der Waals surface area contributed by atoms with E-state index in [1.807, 2.05) is 64.6 Å². The first-order valence-electron chi connectivity index (χ1n) is 14.4. The number of benzene rings is 2. The highest BCUT2D eigenvalue weighted by Crippen LogP contribution is 2.31. The predicted molar refractivity (Wildman–Crippen MR) is 164 cm³/mol. The lowest BCUT2D eigenvalue weighted by atomic mass is 9.79. The Hall–Kier alpha value is -3.10. The van der Waals surface area contributed by atoms with E-state index in [1.54, 1.807) is 28.1 Å². The molecule has 0 aliphatic heterocycles. The van der Waals surface area contributed by atoms with Gasteiger partial charge in [0.15, 0.2) is 23.0 Å². The summed E-state index contributed by atoms with van der Waals surface area (Å²) < 4.78 is 22.8. The van der Waals surface area contributed by atoms with Crippen LogP contribution in [0.1, 0.15) is 50.7 Å². The van der Waals surface area contributed by atoms with Crippen molar-refractivity contribution in [3.8, 4) is 23.0 Å². The summed E-state index contributed by atoms with van der Waals surface area (Å²) >= 11 is 0. The molecule has 0 bridgehead atoms. The highest BCUT2D eigenvalue weighted by Gasteiger charge is 2.34. The Kier molecular flexibility index (Phi) is 14.1. The van der Waals surface area contributed by atoms with E-state index in [0.717, 1.165) is 37.1 Å². The molecule has 0 aliphatic rings. The van der Waals surface area contributed by atoms with Crippen LogP contribution in [-0.4, -0.2) is 90.1 Å². The average molecular weight is 571 g/mol. The summed E-state index contributed by atoms with van der Waals surface area (Å²) in [4.78, 5) is 30.5. The number of Topliss-reactive ketones (excluding diaryl/α,β-unsaturated/α-hetero) is 2. The standard InChI is InChI=1S/C33H50N2O6/c1-33(2,31(36)17-13-25-11-15-27(29(23-25)38-7)40-21-9-19-34(3)4)32(37)18-14-26-12-16-28(30(24-26)39-8)41-22-10-20-35(5)6/h11-12,15-16,23-24H,9-10,13-14,17-22H2,1-8H3. The van der Waals surface area contributed by atoms with Gasteiger partial charge in [-0.2, -0.15) is 0 Å². The molecular formula is C33H50N2O6. The highest BCUT2D eigenvalue weighted by atomic mass is 16.5. The van der Waals surface area contributed by atoms with Crippen LogP contribution in [-0.2, 0) is 22.4 Å². The summed E-state index contributed by atoms with van der Waals surface area (Å²) in [5.41, 5.74) is 0.879. The van der Waals surface area contributed by atoms with Crippen molar-refractivity contribution >= 4 is 11.6 Å². The Labute approximate surface area is 246 Å². The van der Waals surface area contributed by atoms with E-state index in [0.29, 0.717) is 49.1 Å². The van der Waals surface area contributed by atoms with Gasteiger partial charge >= 0.3 is 0 Å². The quantitative estimate of drug-likeness (QED) is 0.161. The topological polar surface area (TPSA) is 77.5 Å². The van der Waals surface area contributed by atoms with Crippen LogP contribution in [0.15, 0.2) is 36.4 Å². The maximum absolute atomic E-state index is 13.1. The van der Waals surface area contributed by atoms with Crippen LogP contribution in [0.2, 0.25) is 0 Å². The third-order valence-corrected chi connectivity index (χ3v) is 7.15. The fraction of sp³-hybridized carbons (Fsp3) is 0.576. The number of nitrogens with zero attached hydrogens (tertiary/aromatic N) is 2. The van der Waals surface area contributed by atoms with Crippen molar-refractivity contribution in [1.82, 2.24) is 9.80 Å². The van der Waals surface area contributed by atoms with Crippen LogP contribution in [0.4, 0.5) is 0 Å². The summed E-state index contributed by atoms with van der Waals surface area (Å²) in [6.45, 7) is 6.56. The van der Waals surface area contributed by atoms with Crippen molar-refractivity contribution in [1.29, 1.82) is 0 Å². The van der Waals surface area contributed by atoms with Gasteiger partial charge in [0.25, 0.3) is 0 Å². The van der Waals surface area contributed by atoms with E-state index < -0.39 is 5.41 Å². The lowest BCUT2D eigenvalue weighted by molar-refractivity contribution is -0.138. The molecule has 8 nitrogen and oxygen atoms in total. The molecule has 2 aromatic rings. The third kappa shape index (κ3) is 11.4. The lowest BCUT2D eigenvalue weighted by Crippen LogP contribution is -2.34. The molecule has 0 amide bonds. The first-order valence-corrected chi connectivity index (χ1v) is 14.4. The molecule has 8 heteroatoms. The number of hydrogen-bond donors (Lipinski definition) is 0. The van der Waals surface area contributed by atoms with Gasteiger partial charge < -0.3 is 28.7 Å². The predicted octanol–water partition coefficient (Wildman–Crippen LogP) is 5.09. The van der Waals surface area contributed by atoms with Gasteiger partial charge in [-0.25, -0.2) is 0 Å². The van der Waals surface area contributed by atoms with E-state index in [4.69, 9.17) is 18.9 Å². The summed E-state index contributed by atoms with van der Waals surface area (Å²) in [7, 11) is 11.4. The zero-order valence-electron chi connectivity index (χ0n) is 26.4. The lowest BCUT2D eigenvalue weighted by Gasteiger charge is -2.22. The molecule has 228 valence electrons. The van der Waals surface area contributed by atoms with Crippen LogP contribution in [0.25, 0.3) is 0 Å². The van der Waals surface area contributed by atoms with Gasteiger partial charge in [0.2, 0.25) is 0 Å². The first-order chi connectivity index (χ1) is 19.5. The molecule has 0 heterocycles. The van der Waals surface area contributed by atoms with E-state index in [1.165, 1.54) is 0 Å². The molecule has 2 rings (SSSR count). The highest BCUT2D eigenvalue weighted by molar-refractivity contribution is 6.06. The van der Waals surface area contributed by atoms with Gasteiger partial charge in [-0.05, 0) is 103 Å². The minimum absolute atomic E-state index is 0.0652. The zero-order chi connectivity index (χ0) is 30.4. The van der Waals surface area contributed by atoms with Crippen LogP contribution in [0.3, 0.4) is 0 Å². The van der Waals surface area contributed by atoms with Crippen molar-refractivity contribution in [3.05, 3.63) is 47.5 Å². The van der Waals surface area contributed by atoms with E-state index >= 15 is 0 Å². The SMILES string of the molecule is COc1cc(CCC(=O)C(C)(C)C(=O)CCc2ccc(OCCCN(C)C)c(OC)c2)ccc1OCCCN(C)C. The Morgan fingerprint density at radius 3 is 1.39 bits per heavy atom. The van der Waals surface area contributed by atoms with E-state index in [2.05, 4.69) is 9.80 Å². The summed E-state index contributed by atoms with van der Waals surface area (Å²) in [5.74, 6) is 2.55. The maximum Gasteiger partial charge on any atom is 0.161 e. The van der Waals surface area contributed by atoms with Crippen LogP contribution >= 0.6 is 0 Å². The number of carbonyl (C=O) groups excluding carboxylic acids is 2. The number of ketones is 2. The number of rotatable bonds is 20. The van der Waals surface area contributed by atoms with Crippen molar-refractivity contribution in [2.24, 2.45) is 5.41 Å². The minimum Gasteiger partial charge on any atom is -0.493 e. The fourth-order valence-electron chi connectivity index (χ4n) is 4.40. The number of ether oxygens (including phenoxy) is 4. The molecule has 0 radical (unpaired) electrons. The van der Waals surface area contributed by atoms with Gasteiger partial charge in [0, 0.05) is 25.9 Å². The van der Waals surface area contributed by atoms with Gasteiger partial charge in [-0.15, -0.1) is 0 Å².